The minimum Gasteiger partial charge on any atom is -0.398 e. The number of hydrogen-bond acceptors (Lipinski definition) is 8. The smallest absolute Gasteiger partial charge is 0.262 e. The van der Waals surface area contributed by atoms with E-state index in [9.17, 15) is 14.4 Å². The molecule has 4 atom stereocenters. The van der Waals surface area contributed by atoms with Gasteiger partial charge < -0.3 is 27.8 Å². The third-order valence-corrected chi connectivity index (χ3v) is 9.40. The van der Waals surface area contributed by atoms with E-state index < -0.39 is 17.4 Å². The van der Waals surface area contributed by atoms with Gasteiger partial charge in [-0.15, -0.1) is 11.3 Å². The molecule has 0 spiro atoms. The van der Waals surface area contributed by atoms with Gasteiger partial charge in [0, 0.05) is 40.5 Å². The van der Waals surface area contributed by atoms with Crippen LogP contribution in [0.2, 0.25) is 0 Å². The molecule has 2 aromatic heterocycles. The van der Waals surface area contributed by atoms with Gasteiger partial charge in [0.1, 0.15) is 5.54 Å². The maximum absolute atomic E-state index is 14.1. The Hall–Kier alpha value is -4.38. The summed E-state index contributed by atoms with van der Waals surface area (Å²) in [7, 11) is 0. The largest absolute Gasteiger partial charge is 0.398 e. The summed E-state index contributed by atoms with van der Waals surface area (Å²) in [6, 6.07) is 14.9. The van der Waals surface area contributed by atoms with Crippen LogP contribution in [0.1, 0.15) is 51.7 Å². The first kappa shape index (κ1) is 26.8. The average Bonchev–Trinajstić information content (AvgIpc) is 3.61. The quantitative estimate of drug-likeness (QED) is 0.176. The third kappa shape index (κ3) is 4.31. The van der Waals surface area contributed by atoms with E-state index in [1.807, 2.05) is 42.5 Å². The van der Waals surface area contributed by atoms with Gasteiger partial charge in [0.15, 0.2) is 5.78 Å². The zero-order chi connectivity index (χ0) is 28.9. The number of carbonyl (C=O) groups is 3. The number of Topliss-reactive ketones (excluding diaryl/α,β-unsaturated/α-hetero) is 1. The molecule has 1 fully saturated rings. The maximum atomic E-state index is 14.1. The number of benzene rings is 2. The van der Waals surface area contributed by atoms with Crippen molar-refractivity contribution < 1.29 is 14.4 Å². The molecule has 0 saturated heterocycles. The highest BCUT2D eigenvalue weighted by molar-refractivity contribution is 7.21. The van der Waals surface area contributed by atoms with Crippen LogP contribution in [0.25, 0.3) is 21.3 Å². The minimum absolute atomic E-state index is 0.214. The van der Waals surface area contributed by atoms with Gasteiger partial charge in [0.2, 0.25) is 5.91 Å². The van der Waals surface area contributed by atoms with Crippen LogP contribution in [-0.4, -0.2) is 34.7 Å². The number of pyridine rings is 1. The molecule has 2 aromatic carbocycles. The summed E-state index contributed by atoms with van der Waals surface area (Å²) in [6.07, 6.45) is 5.23. The number of anilines is 1. The molecule has 0 bridgehead atoms. The van der Waals surface area contributed by atoms with Gasteiger partial charge in [0.05, 0.1) is 21.3 Å². The van der Waals surface area contributed by atoms with Crippen LogP contribution in [0.3, 0.4) is 0 Å². The summed E-state index contributed by atoms with van der Waals surface area (Å²) < 4.78 is 0.657. The fourth-order valence-corrected chi connectivity index (χ4v) is 7.29. The van der Waals surface area contributed by atoms with Crippen LogP contribution in [0.5, 0.6) is 0 Å². The number of thiophene rings is 1. The fraction of sp³-hybridized carbons (Fsp3) is 0.226. The second-order valence-electron chi connectivity index (χ2n) is 10.5. The van der Waals surface area contributed by atoms with E-state index in [-0.39, 0.29) is 23.9 Å². The number of nitrogen functional groups attached to an aromatic ring is 1. The van der Waals surface area contributed by atoms with Crippen molar-refractivity contribution in [1.29, 1.82) is 0 Å². The summed E-state index contributed by atoms with van der Waals surface area (Å²) in [4.78, 5) is 44.5. The molecule has 2 aliphatic rings. The van der Waals surface area contributed by atoms with Crippen molar-refractivity contribution in [2.45, 2.75) is 42.9 Å². The molecular formula is C31H30N6O3S. The van der Waals surface area contributed by atoms with Crippen LogP contribution in [0, 0.1) is 0 Å². The monoisotopic (exact) mass is 566 g/mol. The molecule has 0 radical (unpaired) electrons. The molecule has 4 aromatic rings. The molecular weight excluding hydrogens is 536 g/mol. The van der Waals surface area contributed by atoms with Gasteiger partial charge in [-0.2, -0.15) is 0 Å². The zero-order valence-electron chi connectivity index (χ0n) is 22.2. The highest BCUT2D eigenvalue weighted by Gasteiger charge is 2.49. The van der Waals surface area contributed by atoms with Crippen molar-refractivity contribution in [2.24, 2.45) is 11.5 Å². The number of rotatable bonds is 6. The average molecular weight is 567 g/mol. The van der Waals surface area contributed by atoms with E-state index in [0.29, 0.717) is 43.8 Å². The minimum atomic E-state index is -1.57. The molecule has 9 nitrogen and oxygen atoms in total. The van der Waals surface area contributed by atoms with Gasteiger partial charge >= 0.3 is 0 Å². The summed E-state index contributed by atoms with van der Waals surface area (Å²) in [5.74, 6) is -1.07. The summed E-state index contributed by atoms with van der Waals surface area (Å²) in [6.45, 7) is 3.51. The van der Waals surface area contributed by atoms with Crippen molar-refractivity contribution in [3.8, 4) is 11.3 Å². The van der Waals surface area contributed by atoms with E-state index >= 15 is 0 Å². The number of carbonyl (C=O) groups excluding carboxylic acids is 3. The van der Waals surface area contributed by atoms with Crippen LogP contribution < -0.4 is 27.8 Å². The Morgan fingerprint density at radius 3 is 2.59 bits per heavy atom. The number of nitrogens with zero attached hydrogens (tertiary/aromatic N) is 1. The SMILES string of the molecule is C=CC(=O)N[C@H]1CCC[C@H]1NC(=O)c1sc2c(N)ccc3c2c1C(N)C(=O)C3(N)c1cccc(-c2ccccn2)c1. The highest BCUT2D eigenvalue weighted by Crippen LogP contribution is 2.49. The second-order valence-corrected chi connectivity index (χ2v) is 11.5. The Balaban J connectivity index is 1.44. The van der Waals surface area contributed by atoms with Gasteiger partial charge in [0.25, 0.3) is 5.91 Å². The third-order valence-electron chi connectivity index (χ3n) is 8.14. The predicted molar refractivity (Wildman–Crippen MR) is 160 cm³/mol. The molecule has 2 heterocycles. The lowest BCUT2D eigenvalue weighted by molar-refractivity contribution is -0.124. The van der Waals surface area contributed by atoms with Gasteiger partial charge in [-0.3, -0.25) is 19.4 Å². The summed E-state index contributed by atoms with van der Waals surface area (Å²) in [5.41, 5.74) is 22.1. The fourth-order valence-electron chi connectivity index (χ4n) is 6.09. The Morgan fingerprint density at radius 1 is 1.07 bits per heavy atom. The predicted octanol–water partition coefficient (Wildman–Crippen LogP) is 3.28. The summed E-state index contributed by atoms with van der Waals surface area (Å²) >= 11 is 1.20. The lowest BCUT2D eigenvalue weighted by Crippen LogP contribution is -2.52. The molecule has 2 unspecified atom stereocenters. The molecule has 0 aliphatic heterocycles. The first-order chi connectivity index (χ1) is 19.7. The number of hydrogen-bond donors (Lipinski definition) is 5. The topological polar surface area (TPSA) is 166 Å². The second kappa shape index (κ2) is 10.2. The molecule has 6 rings (SSSR count). The van der Waals surface area contributed by atoms with E-state index in [1.165, 1.54) is 17.4 Å². The molecule has 8 N–H and O–H groups in total. The maximum Gasteiger partial charge on any atom is 0.262 e. The van der Waals surface area contributed by atoms with Gasteiger partial charge in [-0.25, -0.2) is 0 Å². The lowest BCUT2D eigenvalue weighted by Gasteiger charge is -2.36. The molecule has 41 heavy (non-hydrogen) atoms. The van der Waals surface area contributed by atoms with Gasteiger partial charge in [-0.1, -0.05) is 36.9 Å². The Labute approximate surface area is 240 Å². The number of ketones is 1. The molecule has 2 amide bonds. The molecule has 2 aliphatic carbocycles. The first-order valence-electron chi connectivity index (χ1n) is 13.4. The van der Waals surface area contributed by atoms with Crippen LogP contribution >= 0.6 is 11.3 Å². The van der Waals surface area contributed by atoms with Crippen LogP contribution in [0.4, 0.5) is 5.69 Å². The number of nitrogens with two attached hydrogens (primary N) is 3. The number of amides is 2. The van der Waals surface area contributed by atoms with E-state index in [2.05, 4.69) is 22.2 Å². The van der Waals surface area contributed by atoms with Crippen molar-refractivity contribution >= 4 is 44.7 Å². The lowest BCUT2D eigenvalue weighted by atomic mass is 9.70. The Bertz CT molecular complexity index is 1720. The van der Waals surface area contributed by atoms with Gasteiger partial charge in [-0.05, 0) is 60.7 Å². The highest BCUT2D eigenvalue weighted by atomic mass is 32.1. The zero-order valence-corrected chi connectivity index (χ0v) is 23.0. The van der Waals surface area contributed by atoms with Crippen molar-refractivity contribution in [3.05, 3.63) is 95.0 Å². The number of aromatic nitrogens is 1. The Morgan fingerprint density at radius 2 is 1.85 bits per heavy atom. The standard InChI is InChI=1S/C31H30N6O3S/c1-2-23(38)36-21-10-6-11-22(21)37-30(40)28-25-24-18(12-13-19(32)27(24)41-28)31(34,29(39)26(25)33)17-8-5-7-16(15-17)20-9-3-4-14-35-20/h2-5,7-9,12-15,21-22,26H,1,6,10-11,32-34H2,(H,36,38)(H,37,40)/t21-,22+,26?,31?/m0/s1. The normalized spacial score (nSPS) is 23.4. The van der Waals surface area contributed by atoms with E-state index in [4.69, 9.17) is 17.2 Å². The van der Waals surface area contributed by atoms with Crippen LogP contribution in [-0.2, 0) is 15.1 Å². The van der Waals surface area contributed by atoms with E-state index in [1.54, 1.807) is 18.3 Å². The van der Waals surface area contributed by atoms with E-state index in [0.717, 1.165) is 24.1 Å². The number of nitrogens with one attached hydrogen (secondary N) is 2. The summed E-state index contributed by atoms with van der Waals surface area (Å²) in [5, 5.41) is 6.60. The van der Waals surface area contributed by atoms with Crippen molar-refractivity contribution in [1.82, 2.24) is 15.6 Å². The molecule has 1 saturated carbocycles. The Kier molecular flexibility index (Phi) is 6.69. The molecule has 10 heteroatoms. The van der Waals surface area contributed by atoms with Crippen molar-refractivity contribution in [3.63, 3.8) is 0 Å². The van der Waals surface area contributed by atoms with Crippen molar-refractivity contribution in [2.75, 3.05) is 5.73 Å². The van der Waals surface area contributed by atoms with Crippen LogP contribution in [0.15, 0.2) is 73.4 Å². The first-order valence-corrected chi connectivity index (χ1v) is 14.3. The molecule has 208 valence electrons.